The Morgan fingerprint density at radius 3 is 1.40 bits per heavy atom. The molecule has 0 aliphatic heterocycles. The minimum atomic E-state index is 0.168. The highest BCUT2D eigenvalue weighted by atomic mass is 28.1. The maximum absolute atomic E-state index is 3.27. The molecule has 0 amide bonds. The van der Waals surface area contributed by atoms with E-state index in [1.807, 2.05) is 0 Å². The van der Waals surface area contributed by atoms with E-state index in [2.05, 4.69) is 46.5 Å². The average Bonchev–Trinajstić information content (AvgIpc) is 1.57. The Morgan fingerprint density at radius 1 is 0.900 bits per heavy atom. The van der Waals surface area contributed by atoms with Crippen LogP contribution in [0.1, 0.15) is 34.6 Å². The summed E-state index contributed by atoms with van der Waals surface area (Å²) in [6.45, 7) is 10.8. The third-order valence-electron chi connectivity index (χ3n) is 0.812. The minimum absolute atomic E-state index is 0.168. The first-order valence-electron chi connectivity index (χ1n) is 3.75. The summed E-state index contributed by atoms with van der Waals surface area (Å²) in [4.78, 5) is 0. The second-order valence-electron chi connectivity index (χ2n) is 4.75. The molecule has 0 bridgehead atoms. The molecule has 0 saturated heterocycles. The second-order valence-corrected chi connectivity index (χ2v) is 7.25. The van der Waals surface area contributed by atoms with Gasteiger partial charge in [0, 0.05) is 20.7 Å². The SMILES string of the molecule is CC(C)(C)C#CC(C)(C)[SiH3]. The Morgan fingerprint density at radius 2 is 1.30 bits per heavy atom. The average molecular weight is 154 g/mol. The molecule has 0 unspecified atom stereocenters. The predicted octanol–water partition coefficient (Wildman–Crippen LogP) is 1.60. The van der Waals surface area contributed by atoms with E-state index in [9.17, 15) is 0 Å². The van der Waals surface area contributed by atoms with E-state index in [0.29, 0.717) is 0 Å². The fourth-order valence-electron chi connectivity index (χ4n) is 0.375. The van der Waals surface area contributed by atoms with Crippen LogP contribution in [-0.4, -0.2) is 10.2 Å². The molecule has 0 spiro atoms. The van der Waals surface area contributed by atoms with Crippen LogP contribution in [0.4, 0.5) is 0 Å². The van der Waals surface area contributed by atoms with Gasteiger partial charge >= 0.3 is 0 Å². The van der Waals surface area contributed by atoms with Crippen LogP contribution < -0.4 is 0 Å². The highest BCUT2D eigenvalue weighted by molar-refractivity contribution is 6.16. The van der Waals surface area contributed by atoms with E-state index in [4.69, 9.17) is 0 Å². The number of rotatable bonds is 0. The molecule has 58 valence electrons. The highest BCUT2D eigenvalue weighted by Crippen LogP contribution is 2.18. The van der Waals surface area contributed by atoms with Gasteiger partial charge in [0.05, 0.1) is 0 Å². The quantitative estimate of drug-likeness (QED) is 0.367. The molecular weight excluding hydrogens is 136 g/mol. The molecule has 0 atom stereocenters. The van der Waals surface area contributed by atoms with Gasteiger partial charge < -0.3 is 0 Å². The lowest BCUT2D eigenvalue weighted by Gasteiger charge is -2.12. The van der Waals surface area contributed by atoms with Crippen molar-refractivity contribution in [3.63, 3.8) is 0 Å². The van der Waals surface area contributed by atoms with Crippen molar-refractivity contribution in [1.29, 1.82) is 0 Å². The third-order valence-corrected chi connectivity index (χ3v) is 1.06. The Kier molecular flexibility index (Phi) is 2.73. The van der Waals surface area contributed by atoms with Gasteiger partial charge in [-0.1, -0.05) is 19.8 Å². The molecule has 0 aromatic carbocycles. The summed E-state index contributed by atoms with van der Waals surface area (Å²) in [7, 11) is 1.15. The van der Waals surface area contributed by atoms with E-state index < -0.39 is 0 Å². The van der Waals surface area contributed by atoms with Crippen molar-refractivity contribution in [2.24, 2.45) is 5.41 Å². The van der Waals surface area contributed by atoms with Crippen molar-refractivity contribution < 1.29 is 0 Å². The summed E-state index contributed by atoms with van der Waals surface area (Å²) in [5, 5.41) is 0.285. The van der Waals surface area contributed by atoms with E-state index in [1.165, 1.54) is 0 Å². The lowest BCUT2D eigenvalue weighted by atomic mass is 9.97. The molecule has 0 saturated carbocycles. The van der Waals surface area contributed by atoms with Crippen molar-refractivity contribution in [1.82, 2.24) is 0 Å². The number of hydrogen-bond donors (Lipinski definition) is 0. The van der Waals surface area contributed by atoms with Crippen molar-refractivity contribution in [2.75, 3.05) is 0 Å². The molecule has 0 aromatic rings. The van der Waals surface area contributed by atoms with Crippen LogP contribution in [0.2, 0.25) is 5.04 Å². The summed E-state index contributed by atoms with van der Waals surface area (Å²) in [5.74, 6) is 6.52. The zero-order chi connectivity index (χ0) is 8.41. The predicted molar refractivity (Wildman–Crippen MR) is 51.2 cm³/mol. The van der Waals surface area contributed by atoms with Gasteiger partial charge in [-0.3, -0.25) is 0 Å². The Balaban J connectivity index is 4.19. The molecule has 10 heavy (non-hydrogen) atoms. The molecule has 0 rings (SSSR count). The molecule has 0 radical (unpaired) electrons. The van der Waals surface area contributed by atoms with Gasteiger partial charge in [-0.2, -0.15) is 0 Å². The van der Waals surface area contributed by atoms with E-state index in [1.54, 1.807) is 0 Å². The second kappa shape index (κ2) is 2.80. The summed E-state index contributed by atoms with van der Waals surface area (Å²) in [6, 6.07) is 0. The van der Waals surface area contributed by atoms with Gasteiger partial charge in [0.1, 0.15) is 0 Å². The van der Waals surface area contributed by atoms with Crippen LogP contribution in [0.25, 0.3) is 0 Å². The van der Waals surface area contributed by atoms with Crippen LogP contribution in [0.15, 0.2) is 0 Å². The summed E-state index contributed by atoms with van der Waals surface area (Å²) < 4.78 is 0. The van der Waals surface area contributed by atoms with Gasteiger partial charge in [0.15, 0.2) is 0 Å². The van der Waals surface area contributed by atoms with Gasteiger partial charge in [-0.15, -0.1) is 5.92 Å². The highest BCUT2D eigenvalue weighted by Gasteiger charge is 2.07. The van der Waals surface area contributed by atoms with Crippen LogP contribution in [0.5, 0.6) is 0 Å². The number of hydrogen-bond acceptors (Lipinski definition) is 0. The summed E-state index contributed by atoms with van der Waals surface area (Å²) in [5.41, 5.74) is 0.168. The Bertz CT molecular complexity index is 138. The molecule has 0 N–H and O–H groups in total. The Labute approximate surface area is 67.8 Å². The van der Waals surface area contributed by atoms with Crippen molar-refractivity contribution in [3.8, 4) is 11.8 Å². The molecule has 0 aromatic heterocycles. The molecule has 0 aliphatic rings. The zero-order valence-electron chi connectivity index (χ0n) is 8.00. The standard InChI is InChI=1S/C9H18Si/c1-8(2,3)6-7-9(4,5)10/h1-5,10H3. The topological polar surface area (TPSA) is 0 Å². The first-order chi connectivity index (χ1) is 4.21. The van der Waals surface area contributed by atoms with Crippen molar-refractivity contribution in [3.05, 3.63) is 0 Å². The van der Waals surface area contributed by atoms with Gasteiger partial charge in [-0.05, 0) is 20.8 Å². The van der Waals surface area contributed by atoms with E-state index in [0.717, 1.165) is 10.2 Å². The monoisotopic (exact) mass is 154 g/mol. The summed E-state index contributed by atoms with van der Waals surface area (Å²) >= 11 is 0. The van der Waals surface area contributed by atoms with Gasteiger partial charge in [0.25, 0.3) is 0 Å². The molecule has 1 heteroatoms. The van der Waals surface area contributed by atoms with Crippen molar-refractivity contribution >= 4 is 10.2 Å². The van der Waals surface area contributed by atoms with Crippen LogP contribution in [0.3, 0.4) is 0 Å². The van der Waals surface area contributed by atoms with Gasteiger partial charge in [-0.25, -0.2) is 0 Å². The lowest BCUT2D eigenvalue weighted by Crippen LogP contribution is -2.03. The van der Waals surface area contributed by atoms with E-state index in [-0.39, 0.29) is 10.5 Å². The molecule has 0 nitrogen and oxygen atoms in total. The molecular formula is C9H18Si. The maximum atomic E-state index is 3.27. The minimum Gasteiger partial charge on any atom is -0.101 e. The van der Waals surface area contributed by atoms with Crippen LogP contribution >= 0.6 is 0 Å². The lowest BCUT2D eigenvalue weighted by molar-refractivity contribution is 0.569. The van der Waals surface area contributed by atoms with E-state index >= 15 is 0 Å². The normalized spacial score (nSPS) is 12.5. The Hall–Kier alpha value is -0.223. The molecule has 0 heterocycles. The van der Waals surface area contributed by atoms with Crippen LogP contribution in [-0.2, 0) is 0 Å². The molecule has 0 fully saturated rings. The largest absolute Gasteiger partial charge is 0.101 e. The molecule has 0 aliphatic carbocycles. The zero-order valence-corrected chi connectivity index (χ0v) is 10.0. The first kappa shape index (κ1) is 9.78. The first-order valence-corrected chi connectivity index (χ1v) is 4.75. The summed E-state index contributed by atoms with van der Waals surface area (Å²) in [6.07, 6.45) is 0. The fraction of sp³-hybridized carbons (Fsp3) is 0.778. The fourth-order valence-corrected chi connectivity index (χ4v) is 0.500. The third kappa shape index (κ3) is 7.78. The smallest absolute Gasteiger partial charge is 0.0250 e. The maximum Gasteiger partial charge on any atom is 0.0250 e. The van der Waals surface area contributed by atoms with Crippen molar-refractivity contribution in [2.45, 2.75) is 39.7 Å². The van der Waals surface area contributed by atoms with Gasteiger partial charge in [0.2, 0.25) is 0 Å². The van der Waals surface area contributed by atoms with Crippen LogP contribution in [0, 0.1) is 17.3 Å².